The molecule has 6 nitrogen and oxygen atoms in total. The van der Waals surface area contributed by atoms with Gasteiger partial charge in [0.15, 0.2) is 5.84 Å². The number of amidine groups is 1. The Kier molecular flexibility index (Phi) is 3.36. The van der Waals surface area contributed by atoms with Gasteiger partial charge in [0.1, 0.15) is 5.69 Å². The topological polar surface area (TPSA) is 87.6 Å². The zero-order chi connectivity index (χ0) is 13.2. The largest absolute Gasteiger partial charge is 0.409 e. The lowest BCUT2D eigenvalue weighted by Gasteiger charge is -2.36. The summed E-state index contributed by atoms with van der Waals surface area (Å²) in [7, 11) is 0. The van der Waals surface area contributed by atoms with Crippen LogP contribution in [0.3, 0.4) is 0 Å². The van der Waals surface area contributed by atoms with E-state index in [0.29, 0.717) is 17.1 Å². The Morgan fingerprint density at radius 2 is 2.11 bits per heavy atom. The molecule has 3 N–H and O–H groups in total. The Bertz CT molecular complexity index is 448. The predicted molar refractivity (Wildman–Crippen MR) is 69.8 cm³/mol. The molecule has 0 spiro atoms. The number of nitrogens with zero attached hydrogens (tertiary/aromatic N) is 4. The summed E-state index contributed by atoms with van der Waals surface area (Å²) in [6.45, 7) is 6.43. The van der Waals surface area contributed by atoms with Crippen LogP contribution >= 0.6 is 0 Å². The molecule has 2 rings (SSSR count). The van der Waals surface area contributed by atoms with Crippen LogP contribution in [0.5, 0.6) is 0 Å². The van der Waals surface area contributed by atoms with E-state index < -0.39 is 0 Å². The summed E-state index contributed by atoms with van der Waals surface area (Å²) < 4.78 is 0. The molecule has 1 saturated heterocycles. The average Bonchev–Trinajstić information content (AvgIpc) is 2.38. The SMILES string of the molecule is CC1(C)CCN(c2nccc(/C(N)=N/O)n2)CC1. The first-order valence-electron chi connectivity index (χ1n) is 6.08. The van der Waals surface area contributed by atoms with Crippen molar-refractivity contribution >= 4 is 11.8 Å². The third-order valence-corrected chi connectivity index (χ3v) is 3.41. The summed E-state index contributed by atoms with van der Waals surface area (Å²) in [4.78, 5) is 10.7. The summed E-state index contributed by atoms with van der Waals surface area (Å²) in [5.74, 6) is 0.658. The highest BCUT2D eigenvalue weighted by molar-refractivity contribution is 5.95. The zero-order valence-electron chi connectivity index (χ0n) is 10.8. The second kappa shape index (κ2) is 4.80. The van der Waals surface area contributed by atoms with Crippen molar-refractivity contribution < 1.29 is 5.21 Å². The van der Waals surface area contributed by atoms with Crippen LogP contribution in [0.15, 0.2) is 17.4 Å². The maximum atomic E-state index is 8.65. The molecule has 0 atom stereocenters. The second-order valence-corrected chi connectivity index (χ2v) is 5.38. The van der Waals surface area contributed by atoms with Crippen LogP contribution in [-0.2, 0) is 0 Å². The number of piperidine rings is 1. The van der Waals surface area contributed by atoms with Gasteiger partial charge >= 0.3 is 0 Å². The maximum absolute atomic E-state index is 8.65. The molecule has 6 heteroatoms. The second-order valence-electron chi connectivity index (χ2n) is 5.38. The highest BCUT2D eigenvalue weighted by Crippen LogP contribution is 2.30. The molecular weight excluding hydrogens is 230 g/mol. The van der Waals surface area contributed by atoms with Crippen molar-refractivity contribution in [1.82, 2.24) is 9.97 Å². The maximum Gasteiger partial charge on any atom is 0.225 e. The number of rotatable bonds is 2. The Balaban J connectivity index is 2.15. The fourth-order valence-electron chi connectivity index (χ4n) is 2.01. The van der Waals surface area contributed by atoms with E-state index in [4.69, 9.17) is 10.9 Å². The number of hydrogen-bond acceptors (Lipinski definition) is 5. The van der Waals surface area contributed by atoms with Gasteiger partial charge in [-0.3, -0.25) is 0 Å². The normalized spacial score (nSPS) is 19.9. The summed E-state index contributed by atoms with van der Waals surface area (Å²) in [5, 5.41) is 11.6. The smallest absolute Gasteiger partial charge is 0.225 e. The highest BCUT2D eigenvalue weighted by atomic mass is 16.4. The van der Waals surface area contributed by atoms with E-state index >= 15 is 0 Å². The van der Waals surface area contributed by atoms with Crippen LogP contribution in [0.4, 0.5) is 5.95 Å². The van der Waals surface area contributed by atoms with Crippen LogP contribution in [0.25, 0.3) is 0 Å². The monoisotopic (exact) mass is 249 g/mol. The lowest BCUT2D eigenvalue weighted by Crippen LogP contribution is -2.38. The highest BCUT2D eigenvalue weighted by Gasteiger charge is 2.26. The van der Waals surface area contributed by atoms with E-state index in [-0.39, 0.29) is 5.84 Å². The van der Waals surface area contributed by atoms with Crippen LogP contribution in [0.2, 0.25) is 0 Å². The third kappa shape index (κ3) is 2.69. The molecule has 1 aliphatic heterocycles. The Labute approximate surface area is 107 Å². The van der Waals surface area contributed by atoms with Gasteiger partial charge in [0.05, 0.1) is 0 Å². The minimum absolute atomic E-state index is 0.0102. The number of anilines is 1. The predicted octanol–water partition coefficient (Wildman–Crippen LogP) is 1.20. The molecule has 18 heavy (non-hydrogen) atoms. The van der Waals surface area contributed by atoms with Crippen molar-refractivity contribution in [3.05, 3.63) is 18.0 Å². The summed E-state index contributed by atoms with van der Waals surface area (Å²) in [6.07, 6.45) is 3.86. The molecule has 1 aliphatic rings. The lowest BCUT2D eigenvalue weighted by molar-refractivity contribution is 0.278. The zero-order valence-corrected chi connectivity index (χ0v) is 10.8. The number of nitrogens with two attached hydrogens (primary N) is 1. The van der Waals surface area contributed by atoms with Crippen LogP contribution in [0, 0.1) is 5.41 Å². The van der Waals surface area contributed by atoms with E-state index in [1.54, 1.807) is 12.3 Å². The van der Waals surface area contributed by atoms with E-state index in [0.717, 1.165) is 25.9 Å². The van der Waals surface area contributed by atoms with Gasteiger partial charge < -0.3 is 15.8 Å². The minimum Gasteiger partial charge on any atom is -0.409 e. The molecule has 0 radical (unpaired) electrons. The molecule has 0 aliphatic carbocycles. The number of aromatic nitrogens is 2. The van der Waals surface area contributed by atoms with E-state index in [2.05, 4.69) is 33.9 Å². The van der Waals surface area contributed by atoms with E-state index in [1.807, 2.05) is 0 Å². The first-order chi connectivity index (χ1) is 8.52. The van der Waals surface area contributed by atoms with Crippen molar-refractivity contribution in [3.63, 3.8) is 0 Å². The number of hydrogen-bond donors (Lipinski definition) is 2. The van der Waals surface area contributed by atoms with Gasteiger partial charge in [-0.1, -0.05) is 19.0 Å². The molecule has 1 fully saturated rings. The average molecular weight is 249 g/mol. The molecule has 2 heterocycles. The number of oxime groups is 1. The molecule has 98 valence electrons. The van der Waals surface area contributed by atoms with Gasteiger partial charge in [-0.25, -0.2) is 9.97 Å². The van der Waals surface area contributed by atoms with Gasteiger partial charge in [0.25, 0.3) is 0 Å². The molecule has 1 aromatic heterocycles. The summed E-state index contributed by atoms with van der Waals surface area (Å²) >= 11 is 0. The van der Waals surface area contributed by atoms with Gasteiger partial charge in [0.2, 0.25) is 5.95 Å². The quantitative estimate of drug-likeness (QED) is 0.356. The molecule has 0 saturated carbocycles. The van der Waals surface area contributed by atoms with Crippen molar-refractivity contribution in [2.45, 2.75) is 26.7 Å². The van der Waals surface area contributed by atoms with Crippen molar-refractivity contribution in [3.8, 4) is 0 Å². The van der Waals surface area contributed by atoms with Gasteiger partial charge in [-0.05, 0) is 24.3 Å². The van der Waals surface area contributed by atoms with Crippen molar-refractivity contribution in [1.29, 1.82) is 0 Å². The van der Waals surface area contributed by atoms with Crippen molar-refractivity contribution in [2.75, 3.05) is 18.0 Å². The Morgan fingerprint density at radius 3 is 2.72 bits per heavy atom. The van der Waals surface area contributed by atoms with Crippen LogP contribution < -0.4 is 10.6 Å². The molecule has 0 aromatic carbocycles. The standard InChI is InChI=1S/C12H19N5O/c1-12(2)4-7-17(8-5-12)11-14-6-3-9(15-11)10(13)16-18/h3,6,18H,4-5,7-8H2,1-2H3,(H2,13,16). The first kappa shape index (κ1) is 12.6. The molecule has 0 bridgehead atoms. The van der Waals surface area contributed by atoms with Crippen LogP contribution in [0.1, 0.15) is 32.4 Å². The Morgan fingerprint density at radius 1 is 1.44 bits per heavy atom. The van der Waals surface area contributed by atoms with Gasteiger partial charge in [0, 0.05) is 19.3 Å². The third-order valence-electron chi connectivity index (χ3n) is 3.41. The fourth-order valence-corrected chi connectivity index (χ4v) is 2.01. The fraction of sp³-hybridized carbons (Fsp3) is 0.583. The molecule has 0 amide bonds. The van der Waals surface area contributed by atoms with E-state index in [9.17, 15) is 0 Å². The van der Waals surface area contributed by atoms with Gasteiger partial charge in [-0.15, -0.1) is 0 Å². The Hall–Kier alpha value is -1.85. The van der Waals surface area contributed by atoms with Crippen molar-refractivity contribution in [2.24, 2.45) is 16.3 Å². The van der Waals surface area contributed by atoms with E-state index in [1.165, 1.54) is 0 Å². The first-order valence-corrected chi connectivity index (χ1v) is 6.08. The molecule has 1 aromatic rings. The lowest BCUT2D eigenvalue weighted by atomic mass is 9.83. The summed E-state index contributed by atoms with van der Waals surface area (Å²) in [5.41, 5.74) is 6.37. The molecular formula is C12H19N5O. The van der Waals surface area contributed by atoms with Crippen LogP contribution in [-0.4, -0.2) is 34.1 Å². The minimum atomic E-state index is 0.0102. The van der Waals surface area contributed by atoms with Gasteiger partial charge in [-0.2, -0.15) is 0 Å². The summed E-state index contributed by atoms with van der Waals surface area (Å²) in [6, 6.07) is 1.63. The molecule has 0 unspecified atom stereocenters.